The number of hydrogen-bond donors (Lipinski definition) is 2. The first-order valence-electron chi connectivity index (χ1n) is 10.6. The molecule has 2 fully saturated rings. The van der Waals surface area contributed by atoms with Crippen molar-refractivity contribution in [1.82, 2.24) is 10.2 Å². The fourth-order valence-electron chi connectivity index (χ4n) is 3.94. The summed E-state index contributed by atoms with van der Waals surface area (Å²) in [4.78, 5) is 62.1. The molecule has 10 heteroatoms. The molecular formula is C21H32N2O8. The zero-order valence-electron chi connectivity index (χ0n) is 18.5. The van der Waals surface area contributed by atoms with Crippen molar-refractivity contribution in [1.29, 1.82) is 0 Å². The molecular weight excluding hydrogens is 408 g/mol. The fourth-order valence-corrected chi connectivity index (χ4v) is 3.94. The molecule has 4 atom stereocenters. The number of nitrogens with one attached hydrogen (secondary N) is 1. The van der Waals surface area contributed by atoms with E-state index in [0.29, 0.717) is 38.6 Å². The summed E-state index contributed by atoms with van der Waals surface area (Å²) in [5.74, 6) is -4.43. The van der Waals surface area contributed by atoms with Crippen LogP contribution >= 0.6 is 0 Å². The van der Waals surface area contributed by atoms with Gasteiger partial charge in [-0.3, -0.25) is 19.2 Å². The van der Waals surface area contributed by atoms with Crippen LogP contribution in [0.5, 0.6) is 0 Å². The first-order valence-corrected chi connectivity index (χ1v) is 10.6. The summed E-state index contributed by atoms with van der Waals surface area (Å²) in [6.07, 6.45) is 2.56. The van der Waals surface area contributed by atoms with Crippen LogP contribution in [0.25, 0.3) is 0 Å². The Kier molecular flexibility index (Phi) is 8.02. The van der Waals surface area contributed by atoms with Crippen molar-refractivity contribution >= 4 is 29.7 Å². The van der Waals surface area contributed by atoms with E-state index in [4.69, 9.17) is 9.47 Å². The molecule has 2 N–H and O–H groups in total. The molecule has 31 heavy (non-hydrogen) atoms. The SMILES string of the molecule is C[C@H](NC(=O)C1CCCC1C(=O)OCOC(=O)C(C)(C)C)C(=O)N1CCC[C@H]1C(=O)O. The maximum atomic E-state index is 12.7. The first-order chi connectivity index (χ1) is 14.4. The predicted molar refractivity (Wildman–Crippen MR) is 107 cm³/mol. The molecule has 0 aromatic rings. The molecule has 0 radical (unpaired) electrons. The third-order valence-electron chi connectivity index (χ3n) is 5.71. The number of carboxylic acids is 1. The first kappa shape index (κ1) is 24.6. The second-order valence-corrected chi connectivity index (χ2v) is 9.17. The van der Waals surface area contributed by atoms with Crippen LogP contribution in [-0.4, -0.2) is 65.2 Å². The van der Waals surface area contributed by atoms with Crippen molar-refractivity contribution in [2.24, 2.45) is 17.3 Å². The van der Waals surface area contributed by atoms with Crippen LogP contribution in [0.2, 0.25) is 0 Å². The van der Waals surface area contributed by atoms with Gasteiger partial charge >= 0.3 is 17.9 Å². The predicted octanol–water partition coefficient (Wildman–Crippen LogP) is 1.07. The minimum atomic E-state index is -1.06. The molecule has 2 rings (SSSR count). The molecule has 2 unspecified atom stereocenters. The van der Waals surface area contributed by atoms with Crippen molar-refractivity contribution in [3.05, 3.63) is 0 Å². The normalized spacial score (nSPS) is 24.4. The number of carbonyl (C=O) groups is 5. The molecule has 174 valence electrons. The van der Waals surface area contributed by atoms with Crippen LogP contribution in [0, 0.1) is 17.3 Å². The van der Waals surface area contributed by atoms with Gasteiger partial charge in [0.25, 0.3) is 0 Å². The smallest absolute Gasteiger partial charge is 0.326 e. The number of rotatable bonds is 7. The Morgan fingerprint density at radius 3 is 2.29 bits per heavy atom. The Labute approximate surface area is 181 Å². The van der Waals surface area contributed by atoms with Gasteiger partial charge in [-0.1, -0.05) is 6.42 Å². The van der Waals surface area contributed by atoms with Crippen LogP contribution < -0.4 is 5.32 Å². The van der Waals surface area contributed by atoms with Gasteiger partial charge in [-0.05, 0) is 53.4 Å². The summed E-state index contributed by atoms with van der Waals surface area (Å²) in [7, 11) is 0. The fraction of sp³-hybridized carbons (Fsp3) is 0.762. The highest BCUT2D eigenvalue weighted by molar-refractivity contribution is 5.92. The van der Waals surface area contributed by atoms with Crippen molar-refractivity contribution < 1.29 is 38.6 Å². The molecule has 0 aromatic carbocycles. The summed E-state index contributed by atoms with van der Waals surface area (Å²) >= 11 is 0. The highest BCUT2D eigenvalue weighted by atomic mass is 16.7. The molecule has 1 aliphatic heterocycles. The van der Waals surface area contributed by atoms with Gasteiger partial charge in [0.05, 0.1) is 17.3 Å². The van der Waals surface area contributed by atoms with Gasteiger partial charge in [-0.15, -0.1) is 0 Å². The van der Waals surface area contributed by atoms with Gasteiger partial charge in [0.2, 0.25) is 18.6 Å². The van der Waals surface area contributed by atoms with E-state index in [-0.39, 0.29) is 0 Å². The lowest BCUT2D eigenvalue weighted by atomic mass is 9.95. The van der Waals surface area contributed by atoms with Crippen LogP contribution in [-0.2, 0) is 33.4 Å². The second-order valence-electron chi connectivity index (χ2n) is 9.17. The third-order valence-corrected chi connectivity index (χ3v) is 5.71. The summed E-state index contributed by atoms with van der Waals surface area (Å²) in [5.41, 5.74) is -0.722. The largest absolute Gasteiger partial charge is 0.480 e. The van der Waals surface area contributed by atoms with Crippen LogP contribution in [0.4, 0.5) is 0 Å². The van der Waals surface area contributed by atoms with Crippen molar-refractivity contribution in [3.63, 3.8) is 0 Å². The summed E-state index contributed by atoms with van der Waals surface area (Å²) in [6.45, 7) is 6.36. The number of hydrogen-bond acceptors (Lipinski definition) is 7. The van der Waals surface area contributed by atoms with Gasteiger partial charge in [0, 0.05) is 6.54 Å². The maximum absolute atomic E-state index is 12.7. The number of carbonyl (C=O) groups excluding carboxylic acids is 4. The Hall–Kier alpha value is -2.65. The summed E-state index contributed by atoms with van der Waals surface area (Å²) < 4.78 is 9.98. The van der Waals surface area contributed by atoms with Crippen LogP contribution in [0.15, 0.2) is 0 Å². The lowest BCUT2D eigenvalue weighted by Crippen LogP contribution is -2.51. The third kappa shape index (κ3) is 6.18. The molecule has 2 amide bonds. The average molecular weight is 440 g/mol. The monoisotopic (exact) mass is 440 g/mol. The van der Waals surface area contributed by atoms with E-state index in [2.05, 4.69) is 5.32 Å². The molecule has 1 heterocycles. The van der Waals surface area contributed by atoms with Crippen molar-refractivity contribution in [3.8, 4) is 0 Å². The molecule has 10 nitrogen and oxygen atoms in total. The van der Waals surface area contributed by atoms with E-state index >= 15 is 0 Å². The van der Waals surface area contributed by atoms with Crippen molar-refractivity contribution in [2.75, 3.05) is 13.3 Å². The zero-order valence-corrected chi connectivity index (χ0v) is 18.5. The summed E-state index contributed by atoms with van der Waals surface area (Å²) in [6, 6.07) is -1.78. The number of carboxylic acid groups (broad SMARTS) is 1. The number of likely N-dealkylation sites (tertiary alicyclic amines) is 1. The standard InChI is InChI=1S/C21H32N2O8/c1-12(17(25)23-10-6-9-15(23)18(26)27)22-16(24)13-7-5-8-14(13)19(28)30-11-31-20(29)21(2,3)4/h12-15H,5-11H2,1-4H3,(H,22,24)(H,26,27)/t12-,13?,14?,15-/m0/s1. The highest BCUT2D eigenvalue weighted by Gasteiger charge is 2.41. The zero-order chi connectivity index (χ0) is 23.3. The topological polar surface area (TPSA) is 139 Å². The molecule has 1 saturated heterocycles. The summed E-state index contributed by atoms with van der Waals surface area (Å²) in [5, 5.41) is 11.9. The van der Waals surface area contributed by atoms with Gasteiger partial charge in [-0.2, -0.15) is 0 Å². The molecule has 0 bridgehead atoms. The lowest BCUT2D eigenvalue weighted by molar-refractivity contribution is -0.176. The highest BCUT2D eigenvalue weighted by Crippen LogP contribution is 2.33. The maximum Gasteiger partial charge on any atom is 0.326 e. The molecule has 1 saturated carbocycles. The van der Waals surface area contributed by atoms with Gasteiger partial charge in [-0.25, -0.2) is 4.79 Å². The van der Waals surface area contributed by atoms with Crippen LogP contribution in [0.1, 0.15) is 59.8 Å². The Bertz CT molecular complexity index is 729. The molecule has 0 spiro atoms. The van der Waals surface area contributed by atoms with E-state index in [1.165, 1.54) is 11.8 Å². The van der Waals surface area contributed by atoms with E-state index in [0.717, 1.165) is 0 Å². The number of amides is 2. The number of aliphatic carboxylic acids is 1. The average Bonchev–Trinajstić information content (AvgIpc) is 3.35. The Morgan fingerprint density at radius 1 is 1.03 bits per heavy atom. The quantitative estimate of drug-likeness (QED) is 0.443. The molecule has 0 aromatic heterocycles. The van der Waals surface area contributed by atoms with Gasteiger partial charge < -0.3 is 24.8 Å². The number of ether oxygens (including phenoxy) is 2. The minimum Gasteiger partial charge on any atom is -0.480 e. The number of esters is 2. The van der Waals surface area contributed by atoms with E-state index in [1.807, 2.05) is 0 Å². The van der Waals surface area contributed by atoms with Crippen molar-refractivity contribution in [2.45, 2.75) is 71.9 Å². The lowest BCUT2D eigenvalue weighted by Gasteiger charge is -2.26. The Morgan fingerprint density at radius 2 is 1.68 bits per heavy atom. The molecule has 2 aliphatic rings. The van der Waals surface area contributed by atoms with E-state index in [1.54, 1.807) is 20.8 Å². The van der Waals surface area contributed by atoms with E-state index < -0.39 is 65.8 Å². The molecule has 1 aliphatic carbocycles. The van der Waals surface area contributed by atoms with E-state index in [9.17, 15) is 29.1 Å². The minimum absolute atomic E-state index is 0.335. The van der Waals surface area contributed by atoms with Gasteiger partial charge in [0.1, 0.15) is 12.1 Å². The van der Waals surface area contributed by atoms with Gasteiger partial charge in [0.15, 0.2) is 0 Å². The number of nitrogens with zero attached hydrogens (tertiary/aromatic N) is 1. The van der Waals surface area contributed by atoms with Crippen LogP contribution in [0.3, 0.4) is 0 Å². The second kappa shape index (κ2) is 10.1. The Balaban J connectivity index is 1.89.